The molecule has 0 radical (unpaired) electrons. The summed E-state index contributed by atoms with van der Waals surface area (Å²) in [4.78, 5) is 37.6. The summed E-state index contributed by atoms with van der Waals surface area (Å²) in [6.07, 6.45) is 0.0249. The lowest BCUT2D eigenvalue weighted by Crippen LogP contribution is -2.36. The van der Waals surface area contributed by atoms with E-state index in [0.29, 0.717) is 0 Å². The second-order valence-electron chi connectivity index (χ2n) is 4.65. The molecule has 0 spiro atoms. The lowest BCUT2D eigenvalue weighted by Gasteiger charge is -2.19. The zero-order valence-corrected chi connectivity index (χ0v) is 12.4. The molecule has 0 aliphatic carbocycles. The first kappa shape index (κ1) is 16.9. The van der Waals surface area contributed by atoms with Crippen molar-refractivity contribution >= 4 is 23.6 Å². The normalized spacial score (nSPS) is 10.0. The van der Waals surface area contributed by atoms with Crippen LogP contribution >= 0.6 is 0 Å². The maximum atomic E-state index is 12.1. The van der Waals surface area contributed by atoms with Crippen molar-refractivity contribution in [2.45, 2.75) is 6.61 Å². The van der Waals surface area contributed by atoms with Crippen molar-refractivity contribution in [2.75, 3.05) is 11.4 Å². The highest BCUT2D eigenvalue weighted by Gasteiger charge is 2.22. The van der Waals surface area contributed by atoms with Gasteiger partial charge in [-0.1, -0.05) is 30.3 Å². The Bertz CT molecular complexity index is 733. The van der Waals surface area contributed by atoms with Crippen LogP contribution in [0.4, 0.5) is 16.3 Å². The molecule has 2 rings (SSSR count). The summed E-state index contributed by atoms with van der Waals surface area (Å²) >= 11 is 0. The van der Waals surface area contributed by atoms with Crippen molar-refractivity contribution in [3.8, 4) is 0 Å². The lowest BCUT2D eigenvalue weighted by atomic mass is 10.2. The molecule has 1 aromatic carbocycles. The number of carbonyl (C=O) groups is 2. The van der Waals surface area contributed by atoms with E-state index in [1.54, 1.807) is 24.3 Å². The minimum Gasteiger partial charge on any atom is -0.480 e. The summed E-state index contributed by atoms with van der Waals surface area (Å²) in [7, 11) is 0. The van der Waals surface area contributed by atoms with E-state index in [-0.39, 0.29) is 18.1 Å². The molecule has 1 aromatic heterocycles. The number of rotatable bonds is 6. The molecular weight excluding hydrogens is 318 g/mol. The Labute approximate surface area is 136 Å². The molecule has 1 N–H and O–H groups in total. The Hall–Kier alpha value is -3.49. The topological polar surface area (TPSA) is 123 Å². The van der Waals surface area contributed by atoms with Gasteiger partial charge >= 0.3 is 12.1 Å². The van der Waals surface area contributed by atoms with Crippen molar-refractivity contribution < 1.29 is 24.4 Å². The van der Waals surface area contributed by atoms with Crippen LogP contribution in [0.2, 0.25) is 0 Å². The number of anilines is 1. The number of amides is 1. The predicted octanol–water partition coefficient (Wildman–Crippen LogP) is 2.22. The van der Waals surface area contributed by atoms with Crippen molar-refractivity contribution in [3.63, 3.8) is 0 Å². The Morgan fingerprint density at radius 3 is 2.46 bits per heavy atom. The first-order valence-electron chi connectivity index (χ1n) is 6.78. The molecule has 124 valence electrons. The molecule has 24 heavy (non-hydrogen) atoms. The fourth-order valence-corrected chi connectivity index (χ4v) is 1.82. The molecule has 0 aliphatic heterocycles. The standard InChI is InChI=1S/C15H13N3O6/c19-14(20)9-17(13-7-6-12(8-16-13)18(22)23)15(21)24-10-11-4-2-1-3-5-11/h1-8H,9-10H2,(H,19,20). The van der Waals surface area contributed by atoms with Gasteiger partial charge in [-0.3, -0.25) is 19.8 Å². The molecular formula is C15H13N3O6. The minimum atomic E-state index is -1.27. The summed E-state index contributed by atoms with van der Waals surface area (Å²) in [5.74, 6) is -1.33. The maximum Gasteiger partial charge on any atom is 0.416 e. The number of benzene rings is 1. The van der Waals surface area contributed by atoms with Crippen LogP contribution in [0.3, 0.4) is 0 Å². The second-order valence-corrected chi connectivity index (χ2v) is 4.65. The van der Waals surface area contributed by atoms with E-state index in [1.165, 1.54) is 6.07 Å². The molecule has 0 aliphatic rings. The number of carboxylic acids is 1. The van der Waals surface area contributed by atoms with E-state index in [0.717, 1.165) is 22.7 Å². The molecule has 9 heteroatoms. The quantitative estimate of drug-likeness (QED) is 0.636. The molecule has 0 bridgehead atoms. The highest BCUT2D eigenvalue weighted by Crippen LogP contribution is 2.17. The number of aromatic nitrogens is 1. The zero-order chi connectivity index (χ0) is 17.5. The van der Waals surface area contributed by atoms with Gasteiger partial charge in [0.1, 0.15) is 25.2 Å². The van der Waals surface area contributed by atoms with Gasteiger partial charge in [-0.2, -0.15) is 0 Å². The lowest BCUT2D eigenvalue weighted by molar-refractivity contribution is -0.385. The molecule has 0 fully saturated rings. The average molecular weight is 331 g/mol. The third-order valence-corrected chi connectivity index (χ3v) is 2.94. The number of carboxylic acid groups (broad SMARTS) is 1. The monoisotopic (exact) mass is 331 g/mol. The van der Waals surface area contributed by atoms with Crippen molar-refractivity contribution in [3.05, 3.63) is 64.3 Å². The van der Waals surface area contributed by atoms with Gasteiger partial charge in [-0.25, -0.2) is 9.78 Å². The molecule has 2 aromatic rings. The minimum absolute atomic E-state index is 0.0389. The Morgan fingerprint density at radius 2 is 1.92 bits per heavy atom. The highest BCUT2D eigenvalue weighted by molar-refractivity contribution is 5.92. The Balaban J connectivity index is 2.13. The first-order valence-corrected chi connectivity index (χ1v) is 6.78. The van der Waals surface area contributed by atoms with Gasteiger partial charge in [-0.05, 0) is 11.6 Å². The first-order chi connectivity index (χ1) is 11.5. The number of hydrogen-bond acceptors (Lipinski definition) is 6. The van der Waals surface area contributed by atoms with Gasteiger partial charge in [0.15, 0.2) is 0 Å². The predicted molar refractivity (Wildman–Crippen MR) is 82.5 cm³/mol. The van der Waals surface area contributed by atoms with Crippen LogP contribution in [0.5, 0.6) is 0 Å². The summed E-state index contributed by atoms with van der Waals surface area (Å²) in [5, 5.41) is 19.6. The van der Waals surface area contributed by atoms with Crippen molar-refractivity contribution in [2.24, 2.45) is 0 Å². The molecule has 1 heterocycles. The van der Waals surface area contributed by atoms with E-state index >= 15 is 0 Å². The van der Waals surface area contributed by atoms with Crippen LogP contribution in [0.1, 0.15) is 5.56 Å². The summed E-state index contributed by atoms with van der Waals surface area (Å²) in [6, 6.07) is 11.2. The fourth-order valence-electron chi connectivity index (χ4n) is 1.82. The smallest absolute Gasteiger partial charge is 0.416 e. The number of nitro groups is 1. The third kappa shape index (κ3) is 4.50. The average Bonchev–Trinajstić information content (AvgIpc) is 2.58. The molecule has 9 nitrogen and oxygen atoms in total. The number of aliphatic carboxylic acids is 1. The van der Waals surface area contributed by atoms with Crippen LogP contribution < -0.4 is 4.90 Å². The van der Waals surface area contributed by atoms with Crippen LogP contribution in [0.15, 0.2) is 48.7 Å². The largest absolute Gasteiger partial charge is 0.480 e. The maximum absolute atomic E-state index is 12.1. The van der Waals surface area contributed by atoms with Crippen LogP contribution in [0.25, 0.3) is 0 Å². The summed E-state index contributed by atoms with van der Waals surface area (Å²) < 4.78 is 5.07. The molecule has 0 unspecified atom stereocenters. The second kappa shape index (κ2) is 7.68. The third-order valence-electron chi connectivity index (χ3n) is 2.94. The number of pyridine rings is 1. The molecule has 0 saturated carbocycles. The van der Waals surface area contributed by atoms with Crippen LogP contribution in [0, 0.1) is 10.1 Å². The zero-order valence-electron chi connectivity index (χ0n) is 12.4. The van der Waals surface area contributed by atoms with Gasteiger partial charge in [-0.15, -0.1) is 0 Å². The molecule has 1 amide bonds. The number of hydrogen-bond donors (Lipinski definition) is 1. The molecule has 0 saturated heterocycles. The number of nitrogens with zero attached hydrogens (tertiary/aromatic N) is 3. The van der Waals surface area contributed by atoms with Gasteiger partial charge in [0.2, 0.25) is 0 Å². The number of carbonyl (C=O) groups excluding carboxylic acids is 1. The van der Waals surface area contributed by atoms with Crippen molar-refractivity contribution in [1.29, 1.82) is 0 Å². The van der Waals surface area contributed by atoms with Gasteiger partial charge in [0.25, 0.3) is 5.69 Å². The van der Waals surface area contributed by atoms with E-state index in [4.69, 9.17) is 9.84 Å². The summed E-state index contributed by atoms with van der Waals surface area (Å²) in [5.41, 5.74) is 0.462. The Kier molecular flexibility index (Phi) is 5.40. The van der Waals surface area contributed by atoms with Crippen LogP contribution in [-0.4, -0.2) is 33.6 Å². The summed E-state index contributed by atoms with van der Waals surface area (Å²) in [6.45, 7) is -0.721. The number of ether oxygens (including phenoxy) is 1. The van der Waals surface area contributed by atoms with Gasteiger partial charge in [0.05, 0.1) is 4.92 Å². The van der Waals surface area contributed by atoms with Gasteiger partial charge in [0, 0.05) is 6.07 Å². The fraction of sp³-hybridized carbons (Fsp3) is 0.133. The molecule has 0 atom stereocenters. The van der Waals surface area contributed by atoms with E-state index in [9.17, 15) is 19.7 Å². The Morgan fingerprint density at radius 1 is 1.21 bits per heavy atom. The van der Waals surface area contributed by atoms with E-state index in [2.05, 4.69) is 4.98 Å². The van der Waals surface area contributed by atoms with Crippen molar-refractivity contribution in [1.82, 2.24) is 4.98 Å². The van der Waals surface area contributed by atoms with E-state index < -0.39 is 23.5 Å². The highest BCUT2D eigenvalue weighted by atomic mass is 16.6. The van der Waals surface area contributed by atoms with Gasteiger partial charge < -0.3 is 9.84 Å². The SMILES string of the molecule is O=C(O)CN(C(=O)OCc1ccccc1)c1ccc([N+](=O)[O-])cn1. The van der Waals surface area contributed by atoms with Crippen LogP contribution in [-0.2, 0) is 16.1 Å². The van der Waals surface area contributed by atoms with E-state index in [1.807, 2.05) is 6.07 Å².